The van der Waals surface area contributed by atoms with Crippen molar-refractivity contribution in [3.05, 3.63) is 29.3 Å². The van der Waals surface area contributed by atoms with Gasteiger partial charge in [-0.25, -0.2) is 13.1 Å². The third kappa shape index (κ3) is 4.85. The fourth-order valence-corrected chi connectivity index (χ4v) is 2.08. The van der Waals surface area contributed by atoms with E-state index in [-0.39, 0.29) is 18.2 Å². The summed E-state index contributed by atoms with van der Waals surface area (Å²) < 4.78 is 24.6. The van der Waals surface area contributed by atoms with Crippen LogP contribution >= 0.6 is 0 Å². The number of carbonyl (C=O) groups excluding carboxylic acids is 1. The minimum absolute atomic E-state index is 0.0379. The number of hydrogen-bond acceptors (Lipinski definition) is 3. The van der Waals surface area contributed by atoms with Crippen molar-refractivity contribution in [3.63, 3.8) is 0 Å². The third-order valence-corrected chi connectivity index (χ3v) is 3.68. The molecule has 100 valence electrons. The molecule has 0 aliphatic heterocycles. The van der Waals surface area contributed by atoms with Gasteiger partial charge in [-0.3, -0.25) is 4.79 Å². The second-order valence-electron chi connectivity index (χ2n) is 4.15. The molecular weight excluding hydrogens is 252 g/mol. The average Bonchev–Trinajstić information content (AvgIpc) is 2.25. The molecule has 18 heavy (non-hydrogen) atoms. The molecule has 1 amide bonds. The Balaban J connectivity index is 2.60. The van der Waals surface area contributed by atoms with Crippen LogP contribution in [0.2, 0.25) is 0 Å². The van der Waals surface area contributed by atoms with Crippen molar-refractivity contribution in [1.82, 2.24) is 4.72 Å². The molecule has 0 unspecified atom stereocenters. The van der Waals surface area contributed by atoms with Crippen molar-refractivity contribution in [1.29, 1.82) is 0 Å². The second-order valence-corrected chi connectivity index (χ2v) is 6.24. The molecule has 2 N–H and O–H groups in total. The van der Waals surface area contributed by atoms with E-state index in [2.05, 4.69) is 10.0 Å². The van der Waals surface area contributed by atoms with Crippen LogP contribution in [0.1, 0.15) is 18.1 Å². The van der Waals surface area contributed by atoms with Crippen LogP contribution in [0.15, 0.2) is 18.2 Å². The molecule has 0 saturated heterocycles. The van der Waals surface area contributed by atoms with Gasteiger partial charge >= 0.3 is 0 Å². The fraction of sp³-hybridized carbons (Fsp3) is 0.417. The van der Waals surface area contributed by atoms with E-state index >= 15 is 0 Å². The number of rotatable bonds is 5. The number of carbonyl (C=O) groups is 1. The number of nitrogens with one attached hydrogen (secondary N) is 2. The van der Waals surface area contributed by atoms with Gasteiger partial charge in [0.1, 0.15) is 0 Å². The molecule has 6 heteroatoms. The maximum atomic E-state index is 11.6. The Morgan fingerprint density at radius 3 is 2.22 bits per heavy atom. The van der Waals surface area contributed by atoms with Gasteiger partial charge < -0.3 is 5.32 Å². The molecule has 5 nitrogen and oxygen atoms in total. The predicted octanol–water partition coefficient (Wildman–Crippen LogP) is 1.18. The summed E-state index contributed by atoms with van der Waals surface area (Å²) in [5, 5.41) is 2.65. The Kier molecular flexibility index (Phi) is 4.86. The van der Waals surface area contributed by atoms with Crippen LogP contribution in [-0.2, 0) is 14.8 Å². The van der Waals surface area contributed by atoms with Crippen LogP contribution in [0.5, 0.6) is 0 Å². The van der Waals surface area contributed by atoms with E-state index in [1.54, 1.807) is 0 Å². The molecule has 0 aliphatic carbocycles. The maximum Gasteiger partial charge on any atom is 0.239 e. The van der Waals surface area contributed by atoms with Crippen molar-refractivity contribution < 1.29 is 13.2 Å². The van der Waals surface area contributed by atoms with Crippen LogP contribution in [0.25, 0.3) is 0 Å². The lowest BCUT2D eigenvalue weighted by molar-refractivity contribution is -0.115. The smallest absolute Gasteiger partial charge is 0.239 e. The summed E-state index contributed by atoms with van der Waals surface area (Å²) in [4.78, 5) is 11.6. The van der Waals surface area contributed by atoms with Gasteiger partial charge in [0.2, 0.25) is 15.9 Å². The Morgan fingerprint density at radius 1 is 1.17 bits per heavy atom. The third-order valence-electron chi connectivity index (χ3n) is 2.34. The summed E-state index contributed by atoms with van der Waals surface area (Å²) in [5.41, 5.74) is 2.76. The molecule has 0 bridgehead atoms. The van der Waals surface area contributed by atoms with Gasteiger partial charge in [0, 0.05) is 5.69 Å². The van der Waals surface area contributed by atoms with Crippen molar-refractivity contribution >= 4 is 21.6 Å². The first-order valence-electron chi connectivity index (χ1n) is 5.68. The molecule has 0 saturated carbocycles. The zero-order chi connectivity index (χ0) is 13.8. The molecule has 0 fully saturated rings. The van der Waals surface area contributed by atoms with Crippen LogP contribution < -0.4 is 10.0 Å². The second kappa shape index (κ2) is 5.97. The van der Waals surface area contributed by atoms with Gasteiger partial charge in [-0.2, -0.15) is 0 Å². The molecule has 0 heterocycles. The molecule has 0 aromatic heterocycles. The number of anilines is 1. The van der Waals surface area contributed by atoms with Gasteiger partial charge in [-0.1, -0.05) is 6.07 Å². The number of amides is 1. The Hall–Kier alpha value is -1.40. The van der Waals surface area contributed by atoms with Crippen LogP contribution in [0.3, 0.4) is 0 Å². The Labute approximate surface area is 108 Å². The van der Waals surface area contributed by atoms with Gasteiger partial charge in [0.05, 0.1) is 12.3 Å². The standard InChI is InChI=1S/C12H18N2O3S/c1-4-18(16,17)13-8-12(15)14-11-6-9(2)5-10(3)7-11/h5-7,13H,4,8H2,1-3H3,(H,14,15). The lowest BCUT2D eigenvalue weighted by atomic mass is 10.1. The highest BCUT2D eigenvalue weighted by atomic mass is 32.2. The highest BCUT2D eigenvalue weighted by Crippen LogP contribution is 2.13. The van der Waals surface area contributed by atoms with Gasteiger partial charge in [0.25, 0.3) is 0 Å². The number of benzene rings is 1. The zero-order valence-electron chi connectivity index (χ0n) is 10.8. The molecule has 0 radical (unpaired) electrons. The largest absolute Gasteiger partial charge is 0.325 e. The number of hydrogen-bond donors (Lipinski definition) is 2. The first kappa shape index (κ1) is 14.7. The van der Waals surface area contributed by atoms with E-state index in [0.717, 1.165) is 11.1 Å². The normalized spacial score (nSPS) is 11.3. The van der Waals surface area contributed by atoms with Crippen LogP contribution in [-0.4, -0.2) is 26.6 Å². The van der Waals surface area contributed by atoms with E-state index < -0.39 is 10.0 Å². The van der Waals surface area contributed by atoms with E-state index in [4.69, 9.17) is 0 Å². The molecule has 1 aromatic carbocycles. The average molecular weight is 270 g/mol. The first-order valence-corrected chi connectivity index (χ1v) is 7.33. The van der Waals surface area contributed by atoms with Crippen molar-refractivity contribution in [2.75, 3.05) is 17.6 Å². The molecule has 0 spiro atoms. The zero-order valence-corrected chi connectivity index (χ0v) is 11.6. The summed E-state index contributed by atoms with van der Waals surface area (Å²) in [6, 6.07) is 5.66. The lowest BCUT2D eigenvalue weighted by Gasteiger charge is -2.08. The van der Waals surface area contributed by atoms with Crippen LogP contribution in [0, 0.1) is 13.8 Å². The number of sulfonamides is 1. The van der Waals surface area contributed by atoms with Crippen LogP contribution in [0.4, 0.5) is 5.69 Å². The Bertz CT molecular complexity index is 518. The number of aryl methyl sites for hydroxylation is 2. The summed E-state index contributed by atoms with van der Waals surface area (Å²) in [6.07, 6.45) is 0. The highest BCUT2D eigenvalue weighted by molar-refractivity contribution is 7.89. The monoisotopic (exact) mass is 270 g/mol. The predicted molar refractivity (Wildman–Crippen MR) is 72.0 cm³/mol. The fourth-order valence-electron chi connectivity index (χ4n) is 1.53. The molecule has 1 rings (SSSR count). The summed E-state index contributed by atoms with van der Waals surface area (Å²) in [5.74, 6) is -0.416. The summed E-state index contributed by atoms with van der Waals surface area (Å²) in [7, 11) is -3.33. The molecule has 0 aliphatic rings. The minimum atomic E-state index is -3.33. The van der Waals surface area contributed by atoms with Gasteiger partial charge in [-0.05, 0) is 44.0 Å². The lowest BCUT2D eigenvalue weighted by Crippen LogP contribution is -2.33. The summed E-state index contributed by atoms with van der Waals surface area (Å²) >= 11 is 0. The van der Waals surface area contributed by atoms with E-state index in [1.165, 1.54) is 6.92 Å². The SMILES string of the molecule is CCS(=O)(=O)NCC(=O)Nc1cc(C)cc(C)c1. The van der Waals surface area contributed by atoms with Crippen molar-refractivity contribution in [2.45, 2.75) is 20.8 Å². The van der Waals surface area contributed by atoms with E-state index in [9.17, 15) is 13.2 Å². The Morgan fingerprint density at radius 2 is 1.72 bits per heavy atom. The van der Waals surface area contributed by atoms with Crippen molar-refractivity contribution in [3.8, 4) is 0 Å². The van der Waals surface area contributed by atoms with E-state index in [1.807, 2.05) is 32.0 Å². The molecular formula is C12H18N2O3S. The van der Waals surface area contributed by atoms with Gasteiger partial charge in [0.15, 0.2) is 0 Å². The molecule has 1 aromatic rings. The first-order chi connectivity index (χ1) is 8.32. The van der Waals surface area contributed by atoms with Gasteiger partial charge in [-0.15, -0.1) is 0 Å². The van der Waals surface area contributed by atoms with Crippen molar-refractivity contribution in [2.24, 2.45) is 0 Å². The highest BCUT2D eigenvalue weighted by Gasteiger charge is 2.09. The molecule has 0 atom stereocenters. The maximum absolute atomic E-state index is 11.6. The summed E-state index contributed by atoms with van der Waals surface area (Å²) in [6.45, 7) is 5.14. The quantitative estimate of drug-likeness (QED) is 0.843. The minimum Gasteiger partial charge on any atom is -0.325 e. The topological polar surface area (TPSA) is 75.3 Å². The van der Waals surface area contributed by atoms with E-state index in [0.29, 0.717) is 5.69 Å².